The van der Waals surface area contributed by atoms with Gasteiger partial charge in [0.2, 0.25) is 5.91 Å². The molecule has 1 aromatic heterocycles. The molecule has 0 atom stereocenters. The molecule has 1 N–H and O–H groups in total. The van der Waals surface area contributed by atoms with Gasteiger partial charge in [-0.3, -0.25) is 9.89 Å². The monoisotopic (exact) mass is 256 g/mol. The van der Waals surface area contributed by atoms with Crippen LogP contribution in [0.1, 0.15) is 31.4 Å². The van der Waals surface area contributed by atoms with Gasteiger partial charge < -0.3 is 4.90 Å². The summed E-state index contributed by atoms with van der Waals surface area (Å²) in [6.45, 7) is 4.47. The van der Waals surface area contributed by atoms with Crippen LogP contribution >= 0.6 is 11.8 Å². The van der Waals surface area contributed by atoms with Crippen LogP contribution in [0.4, 0.5) is 0 Å². The molecule has 96 valence electrons. The molecule has 1 aromatic rings. The van der Waals surface area contributed by atoms with E-state index >= 15 is 0 Å². The predicted molar refractivity (Wildman–Crippen MR) is 69.8 cm³/mol. The van der Waals surface area contributed by atoms with Gasteiger partial charge in [0, 0.05) is 7.05 Å². The first-order valence-electron chi connectivity index (χ1n) is 5.83. The van der Waals surface area contributed by atoms with Gasteiger partial charge in [0.15, 0.2) is 5.82 Å². The van der Waals surface area contributed by atoms with Crippen LogP contribution in [0, 0.1) is 6.92 Å². The highest BCUT2D eigenvalue weighted by molar-refractivity contribution is 7.99. The van der Waals surface area contributed by atoms with Crippen LogP contribution in [-0.2, 0) is 11.3 Å². The number of hydrogen-bond donors (Lipinski definition) is 1. The van der Waals surface area contributed by atoms with E-state index in [-0.39, 0.29) is 5.91 Å². The van der Waals surface area contributed by atoms with Crippen molar-refractivity contribution in [3.63, 3.8) is 0 Å². The number of rotatable bonds is 7. The van der Waals surface area contributed by atoms with Crippen molar-refractivity contribution in [2.24, 2.45) is 0 Å². The summed E-state index contributed by atoms with van der Waals surface area (Å²) in [5.74, 6) is 3.17. The highest BCUT2D eigenvalue weighted by Gasteiger charge is 2.11. The van der Waals surface area contributed by atoms with E-state index in [0.29, 0.717) is 18.1 Å². The predicted octanol–water partition coefficient (Wildman–Crippen LogP) is 1.60. The second-order valence-corrected chi connectivity index (χ2v) is 5.10. The van der Waals surface area contributed by atoms with Crippen molar-refractivity contribution in [2.45, 2.75) is 33.2 Å². The van der Waals surface area contributed by atoms with Crippen LogP contribution in [-0.4, -0.2) is 44.5 Å². The molecular weight excluding hydrogens is 236 g/mol. The van der Waals surface area contributed by atoms with Crippen molar-refractivity contribution < 1.29 is 4.79 Å². The first kappa shape index (κ1) is 14.0. The molecule has 6 heteroatoms. The Labute approximate surface area is 106 Å². The number of H-pyrrole nitrogens is 1. The fourth-order valence-electron chi connectivity index (χ4n) is 1.28. The van der Waals surface area contributed by atoms with E-state index in [1.807, 2.05) is 6.92 Å². The zero-order chi connectivity index (χ0) is 12.7. The minimum atomic E-state index is 0.133. The largest absolute Gasteiger partial charge is 0.337 e. The first-order chi connectivity index (χ1) is 8.13. The fraction of sp³-hybridized carbons (Fsp3) is 0.727. The number of aromatic amines is 1. The molecule has 0 radical (unpaired) electrons. The summed E-state index contributed by atoms with van der Waals surface area (Å²) in [5, 5.41) is 6.78. The molecule has 17 heavy (non-hydrogen) atoms. The van der Waals surface area contributed by atoms with Gasteiger partial charge in [-0.05, 0) is 19.1 Å². The molecule has 0 fully saturated rings. The molecular formula is C11H20N4OS. The van der Waals surface area contributed by atoms with E-state index in [1.54, 1.807) is 23.7 Å². The van der Waals surface area contributed by atoms with Crippen molar-refractivity contribution in [1.29, 1.82) is 0 Å². The lowest BCUT2D eigenvalue weighted by Crippen LogP contribution is -2.28. The van der Waals surface area contributed by atoms with Crippen molar-refractivity contribution in [3.05, 3.63) is 11.6 Å². The Kier molecular flexibility index (Phi) is 6.04. The summed E-state index contributed by atoms with van der Waals surface area (Å²) < 4.78 is 0. The van der Waals surface area contributed by atoms with E-state index < -0.39 is 0 Å². The number of amides is 1. The molecule has 0 aliphatic carbocycles. The van der Waals surface area contributed by atoms with Crippen LogP contribution in [0.15, 0.2) is 0 Å². The molecule has 0 aliphatic heterocycles. The van der Waals surface area contributed by atoms with Gasteiger partial charge in [0.25, 0.3) is 0 Å². The minimum absolute atomic E-state index is 0.133. The molecule has 0 aliphatic rings. The summed E-state index contributed by atoms with van der Waals surface area (Å²) in [6.07, 6.45) is 2.34. The van der Waals surface area contributed by atoms with Crippen LogP contribution in [0.5, 0.6) is 0 Å². The van der Waals surface area contributed by atoms with E-state index in [0.717, 1.165) is 11.6 Å². The van der Waals surface area contributed by atoms with Crippen molar-refractivity contribution in [2.75, 3.05) is 18.6 Å². The van der Waals surface area contributed by atoms with Gasteiger partial charge in [-0.25, -0.2) is 4.98 Å². The molecule has 5 nitrogen and oxygen atoms in total. The Bertz CT molecular complexity index is 353. The zero-order valence-electron chi connectivity index (χ0n) is 10.7. The Morgan fingerprint density at radius 1 is 1.53 bits per heavy atom. The molecule has 1 heterocycles. The van der Waals surface area contributed by atoms with E-state index in [4.69, 9.17) is 0 Å². The average molecular weight is 256 g/mol. The summed E-state index contributed by atoms with van der Waals surface area (Å²) >= 11 is 1.69. The van der Waals surface area contributed by atoms with E-state index in [1.165, 1.54) is 12.8 Å². The Morgan fingerprint density at radius 3 is 2.88 bits per heavy atom. The summed E-state index contributed by atoms with van der Waals surface area (Å²) in [4.78, 5) is 17.6. The Balaban J connectivity index is 2.27. The van der Waals surface area contributed by atoms with Gasteiger partial charge in [-0.2, -0.15) is 16.9 Å². The highest BCUT2D eigenvalue weighted by atomic mass is 32.2. The maximum atomic E-state index is 11.8. The third kappa shape index (κ3) is 5.21. The smallest absolute Gasteiger partial charge is 0.232 e. The van der Waals surface area contributed by atoms with Crippen molar-refractivity contribution in [3.8, 4) is 0 Å². The lowest BCUT2D eigenvalue weighted by atomic mass is 10.4. The number of nitrogens with zero attached hydrogens (tertiary/aromatic N) is 3. The number of carbonyl (C=O) groups excluding carboxylic acids is 1. The number of aromatic nitrogens is 3. The molecule has 0 unspecified atom stereocenters. The first-order valence-corrected chi connectivity index (χ1v) is 6.98. The molecule has 0 saturated heterocycles. The van der Waals surface area contributed by atoms with Crippen LogP contribution in [0.2, 0.25) is 0 Å². The fourth-order valence-corrected chi connectivity index (χ4v) is 2.31. The number of thioether (sulfide) groups is 1. The number of hydrogen-bond acceptors (Lipinski definition) is 4. The van der Waals surface area contributed by atoms with Crippen molar-refractivity contribution in [1.82, 2.24) is 20.1 Å². The number of nitrogens with one attached hydrogen (secondary N) is 1. The number of unbranched alkanes of at least 4 members (excludes halogenated alkanes) is 1. The third-order valence-electron chi connectivity index (χ3n) is 2.32. The van der Waals surface area contributed by atoms with Gasteiger partial charge >= 0.3 is 0 Å². The molecule has 1 amide bonds. The quantitative estimate of drug-likeness (QED) is 0.753. The molecule has 0 aromatic carbocycles. The maximum Gasteiger partial charge on any atom is 0.232 e. The summed E-state index contributed by atoms with van der Waals surface area (Å²) in [6, 6.07) is 0. The van der Waals surface area contributed by atoms with Crippen LogP contribution < -0.4 is 0 Å². The average Bonchev–Trinajstić information content (AvgIpc) is 2.70. The van der Waals surface area contributed by atoms with Gasteiger partial charge in [-0.1, -0.05) is 13.3 Å². The number of carbonyl (C=O) groups is 1. The summed E-state index contributed by atoms with van der Waals surface area (Å²) in [7, 11) is 1.79. The van der Waals surface area contributed by atoms with Crippen LogP contribution in [0.3, 0.4) is 0 Å². The van der Waals surface area contributed by atoms with Gasteiger partial charge in [-0.15, -0.1) is 0 Å². The highest BCUT2D eigenvalue weighted by Crippen LogP contribution is 2.06. The zero-order valence-corrected chi connectivity index (χ0v) is 11.5. The Hall–Kier alpha value is -1.04. The second-order valence-electron chi connectivity index (χ2n) is 3.99. The van der Waals surface area contributed by atoms with Gasteiger partial charge in [0.1, 0.15) is 5.82 Å². The van der Waals surface area contributed by atoms with Crippen molar-refractivity contribution >= 4 is 17.7 Å². The normalized spacial score (nSPS) is 10.5. The molecule has 0 saturated carbocycles. The van der Waals surface area contributed by atoms with E-state index in [2.05, 4.69) is 22.1 Å². The Morgan fingerprint density at radius 2 is 2.29 bits per heavy atom. The van der Waals surface area contributed by atoms with E-state index in [9.17, 15) is 4.79 Å². The third-order valence-corrected chi connectivity index (χ3v) is 3.34. The summed E-state index contributed by atoms with van der Waals surface area (Å²) in [5.41, 5.74) is 0. The molecule has 0 bridgehead atoms. The maximum absolute atomic E-state index is 11.8. The molecule has 0 spiro atoms. The van der Waals surface area contributed by atoms with Gasteiger partial charge in [0.05, 0.1) is 12.3 Å². The minimum Gasteiger partial charge on any atom is -0.337 e. The lowest BCUT2D eigenvalue weighted by molar-refractivity contribution is -0.127. The SMILES string of the molecule is CCCCSCC(=O)N(C)Cc1n[nH]c(C)n1. The lowest BCUT2D eigenvalue weighted by Gasteiger charge is -2.14. The second kappa shape index (κ2) is 7.32. The number of aryl methyl sites for hydroxylation is 1. The topological polar surface area (TPSA) is 61.9 Å². The molecule has 1 rings (SSSR count). The van der Waals surface area contributed by atoms with Crippen LogP contribution in [0.25, 0.3) is 0 Å². The standard InChI is InChI=1S/C11H20N4OS/c1-4-5-6-17-8-11(16)15(3)7-10-12-9(2)13-14-10/h4-8H2,1-3H3,(H,12,13,14).